The smallest absolute Gasteiger partial charge is 0.315 e. The van der Waals surface area contributed by atoms with Crippen molar-refractivity contribution in [2.24, 2.45) is 5.92 Å². The van der Waals surface area contributed by atoms with Crippen LogP contribution >= 0.6 is 0 Å². The second kappa shape index (κ2) is 8.43. The number of urea groups is 1. The molecule has 0 aliphatic heterocycles. The van der Waals surface area contributed by atoms with Crippen molar-refractivity contribution in [1.82, 2.24) is 10.6 Å². The summed E-state index contributed by atoms with van der Waals surface area (Å²) in [5, 5.41) is 14.5. The van der Waals surface area contributed by atoms with E-state index in [2.05, 4.69) is 10.6 Å². The Balaban J connectivity index is 2.21. The number of aryl methyl sites for hydroxylation is 1. The van der Waals surface area contributed by atoms with Crippen LogP contribution in [0.5, 0.6) is 5.75 Å². The van der Waals surface area contributed by atoms with Crippen molar-refractivity contribution in [2.45, 2.75) is 26.8 Å². The number of amides is 2. The first-order valence-electron chi connectivity index (χ1n) is 6.88. The lowest BCUT2D eigenvalue weighted by molar-refractivity contribution is 0.199. The zero-order chi connectivity index (χ0) is 15.0. The molecule has 5 nitrogen and oxygen atoms in total. The Morgan fingerprint density at radius 2 is 2.05 bits per heavy atom. The number of aliphatic hydroxyl groups is 1. The monoisotopic (exact) mass is 280 g/mol. The molecule has 0 aromatic heterocycles. The Kier molecular flexibility index (Phi) is 6.87. The molecule has 5 heteroatoms. The summed E-state index contributed by atoms with van der Waals surface area (Å²) in [6.45, 7) is 6.63. The molecule has 0 fully saturated rings. The van der Waals surface area contributed by atoms with Gasteiger partial charge < -0.3 is 20.5 Å². The lowest BCUT2D eigenvalue weighted by atomic mass is 10.1. The summed E-state index contributed by atoms with van der Waals surface area (Å²) < 4.78 is 5.58. The first-order valence-corrected chi connectivity index (χ1v) is 6.88. The molecule has 0 spiro atoms. The third-order valence-electron chi connectivity index (χ3n) is 3.24. The normalized spacial score (nSPS) is 13.4. The van der Waals surface area contributed by atoms with Gasteiger partial charge in [0, 0.05) is 12.6 Å². The lowest BCUT2D eigenvalue weighted by Gasteiger charge is -2.19. The average molecular weight is 280 g/mol. The summed E-state index contributed by atoms with van der Waals surface area (Å²) >= 11 is 0. The van der Waals surface area contributed by atoms with Crippen molar-refractivity contribution in [3.63, 3.8) is 0 Å². The first-order chi connectivity index (χ1) is 9.54. The molecule has 1 aromatic carbocycles. The maximum Gasteiger partial charge on any atom is 0.315 e. The minimum Gasteiger partial charge on any atom is -0.491 e. The van der Waals surface area contributed by atoms with Gasteiger partial charge in [-0.15, -0.1) is 0 Å². The third kappa shape index (κ3) is 5.48. The van der Waals surface area contributed by atoms with Crippen LogP contribution in [0.25, 0.3) is 0 Å². The van der Waals surface area contributed by atoms with E-state index in [-0.39, 0.29) is 24.6 Å². The number of hydrogen-bond acceptors (Lipinski definition) is 3. The highest BCUT2D eigenvalue weighted by Crippen LogP contribution is 2.15. The molecule has 0 radical (unpaired) electrons. The van der Waals surface area contributed by atoms with Crippen LogP contribution in [0.4, 0.5) is 4.79 Å². The molecule has 2 unspecified atom stereocenters. The Labute approximate surface area is 120 Å². The fourth-order valence-electron chi connectivity index (χ4n) is 1.60. The van der Waals surface area contributed by atoms with Crippen molar-refractivity contribution < 1.29 is 14.6 Å². The number of nitrogens with one attached hydrogen (secondary N) is 2. The summed E-state index contributed by atoms with van der Waals surface area (Å²) in [7, 11) is 0. The molecular formula is C15H24N2O3. The Hall–Kier alpha value is -1.75. The predicted molar refractivity (Wildman–Crippen MR) is 78.9 cm³/mol. The molecule has 3 N–H and O–H groups in total. The molecule has 0 aliphatic carbocycles. The first kappa shape index (κ1) is 16.3. The summed E-state index contributed by atoms with van der Waals surface area (Å²) in [5.74, 6) is 0.862. The second-order valence-corrected chi connectivity index (χ2v) is 4.96. The van der Waals surface area contributed by atoms with Gasteiger partial charge in [-0.05, 0) is 31.4 Å². The van der Waals surface area contributed by atoms with Crippen molar-refractivity contribution in [3.05, 3.63) is 29.8 Å². The maximum absolute atomic E-state index is 11.6. The number of ether oxygens (including phenoxy) is 1. The topological polar surface area (TPSA) is 70.6 Å². The van der Waals surface area contributed by atoms with Crippen molar-refractivity contribution >= 4 is 6.03 Å². The van der Waals surface area contributed by atoms with Crippen LogP contribution in [0.2, 0.25) is 0 Å². The van der Waals surface area contributed by atoms with E-state index in [0.717, 1.165) is 11.3 Å². The molecule has 0 saturated heterocycles. The molecule has 1 aromatic rings. The molecule has 0 bridgehead atoms. The Bertz CT molecular complexity index is 423. The third-order valence-corrected chi connectivity index (χ3v) is 3.24. The maximum atomic E-state index is 11.6. The van der Waals surface area contributed by atoms with Crippen LogP contribution in [0.1, 0.15) is 19.4 Å². The van der Waals surface area contributed by atoms with E-state index in [1.807, 2.05) is 45.0 Å². The van der Waals surface area contributed by atoms with E-state index < -0.39 is 0 Å². The largest absolute Gasteiger partial charge is 0.491 e. The van der Waals surface area contributed by atoms with Gasteiger partial charge in [0.2, 0.25) is 0 Å². The molecule has 0 saturated carbocycles. The quantitative estimate of drug-likeness (QED) is 0.666. The fraction of sp³-hybridized carbons (Fsp3) is 0.533. The van der Waals surface area contributed by atoms with Crippen LogP contribution in [-0.4, -0.2) is 36.9 Å². The summed E-state index contributed by atoms with van der Waals surface area (Å²) in [6.07, 6.45) is 0. The lowest BCUT2D eigenvalue weighted by Crippen LogP contribution is -2.45. The highest BCUT2D eigenvalue weighted by molar-refractivity contribution is 5.74. The Morgan fingerprint density at radius 3 is 2.70 bits per heavy atom. The number of carbonyl (C=O) groups is 1. The van der Waals surface area contributed by atoms with Gasteiger partial charge in [0.05, 0.1) is 6.54 Å². The fourth-order valence-corrected chi connectivity index (χ4v) is 1.60. The summed E-state index contributed by atoms with van der Waals surface area (Å²) in [4.78, 5) is 11.6. The molecular weight excluding hydrogens is 256 g/mol. The highest BCUT2D eigenvalue weighted by atomic mass is 16.5. The van der Waals surface area contributed by atoms with Crippen LogP contribution in [0.3, 0.4) is 0 Å². The minimum absolute atomic E-state index is 0.0315. The molecule has 2 amide bonds. The van der Waals surface area contributed by atoms with Crippen LogP contribution in [0.15, 0.2) is 24.3 Å². The van der Waals surface area contributed by atoms with Crippen molar-refractivity contribution in [2.75, 3.05) is 19.8 Å². The van der Waals surface area contributed by atoms with Gasteiger partial charge in [-0.1, -0.05) is 25.1 Å². The highest BCUT2D eigenvalue weighted by Gasteiger charge is 2.13. The number of aliphatic hydroxyl groups excluding tert-OH is 1. The molecule has 0 aliphatic rings. The molecule has 0 heterocycles. The van der Waals surface area contributed by atoms with E-state index in [9.17, 15) is 4.79 Å². The number of hydrogen-bond donors (Lipinski definition) is 3. The van der Waals surface area contributed by atoms with Gasteiger partial charge in [0.25, 0.3) is 0 Å². The molecule has 1 rings (SSSR count). The number of rotatable bonds is 7. The van der Waals surface area contributed by atoms with Crippen molar-refractivity contribution in [1.29, 1.82) is 0 Å². The second-order valence-electron chi connectivity index (χ2n) is 4.96. The van der Waals surface area contributed by atoms with Crippen LogP contribution < -0.4 is 15.4 Å². The minimum atomic E-state index is -0.244. The van der Waals surface area contributed by atoms with Gasteiger partial charge in [-0.2, -0.15) is 0 Å². The Morgan fingerprint density at radius 1 is 1.35 bits per heavy atom. The van der Waals surface area contributed by atoms with Gasteiger partial charge >= 0.3 is 6.03 Å². The average Bonchev–Trinajstić information content (AvgIpc) is 2.44. The van der Waals surface area contributed by atoms with Gasteiger partial charge in [-0.25, -0.2) is 4.79 Å². The van der Waals surface area contributed by atoms with Gasteiger partial charge in [0.1, 0.15) is 12.4 Å². The summed E-state index contributed by atoms with van der Waals surface area (Å²) in [5.41, 5.74) is 1.07. The van der Waals surface area contributed by atoms with E-state index in [4.69, 9.17) is 9.84 Å². The number of para-hydroxylation sites is 1. The zero-order valence-electron chi connectivity index (χ0n) is 12.3. The number of carbonyl (C=O) groups excluding carboxylic acids is 1. The van der Waals surface area contributed by atoms with E-state index >= 15 is 0 Å². The van der Waals surface area contributed by atoms with Gasteiger partial charge in [0.15, 0.2) is 0 Å². The van der Waals surface area contributed by atoms with Gasteiger partial charge in [-0.3, -0.25) is 0 Å². The van der Waals surface area contributed by atoms with E-state index in [1.54, 1.807) is 0 Å². The zero-order valence-corrected chi connectivity index (χ0v) is 12.3. The molecule has 112 valence electrons. The molecule has 2 atom stereocenters. The van der Waals surface area contributed by atoms with Crippen molar-refractivity contribution in [3.8, 4) is 5.75 Å². The van der Waals surface area contributed by atoms with E-state index in [1.165, 1.54) is 0 Å². The SMILES string of the molecule is Cc1ccccc1OCCNC(=O)NC(C)C(C)CO. The van der Waals surface area contributed by atoms with E-state index in [0.29, 0.717) is 13.2 Å². The predicted octanol–water partition coefficient (Wildman–Crippen LogP) is 1.69. The van der Waals surface area contributed by atoms with Crippen LogP contribution in [-0.2, 0) is 0 Å². The molecule has 20 heavy (non-hydrogen) atoms. The van der Waals surface area contributed by atoms with Crippen LogP contribution in [0, 0.1) is 12.8 Å². The standard InChI is InChI=1S/C15H24N2O3/c1-11-6-4-5-7-14(11)20-9-8-16-15(19)17-13(3)12(2)10-18/h4-7,12-13,18H,8-10H2,1-3H3,(H2,16,17,19). The number of benzene rings is 1. The summed E-state index contributed by atoms with van der Waals surface area (Å²) in [6, 6.07) is 7.44.